The molecule has 4 unspecified atom stereocenters. The molecule has 1 N–H and O–H groups in total. The van der Waals surface area contributed by atoms with E-state index in [0.29, 0.717) is 23.4 Å². The highest BCUT2D eigenvalue weighted by molar-refractivity contribution is 6.30. The Bertz CT molecular complexity index is 1150. The second-order valence-electron chi connectivity index (χ2n) is 7.91. The Morgan fingerprint density at radius 2 is 1.74 bits per heavy atom. The quantitative estimate of drug-likeness (QED) is 0.754. The third-order valence-electron chi connectivity index (χ3n) is 6.55. The average molecular weight is 431 g/mol. The van der Waals surface area contributed by atoms with Gasteiger partial charge < -0.3 is 9.47 Å². The largest absolute Gasteiger partial charge is 0.443 e. The molecule has 154 valence electrons. The summed E-state index contributed by atoms with van der Waals surface area (Å²) in [7, 11) is 0. The van der Waals surface area contributed by atoms with E-state index >= 15 is 0 Å². The maximum Gasteiger partial charge on any atom is 0.243 e. The van der Waals surface area contributed by atoms with Gasteiger partial charge in [0.15, 0.2) is 10.8 Å². The molecule has 0 spiro atoms. The van der Waals surface area contributed by atoms with Gasteiger partial charge >= 0.3 is 0 Å². The Morgan fingerprint density at radius 1 is 1.03 bits per heavy atom. The molecule has 2 fully saturated rings. The van der Waals surface area contributed by atoms with Crippen LogP contribution in [0.2, 0.25) is 5.02 Å². The fourth-order valence-corrected chi connectivity index (χ4v) is 5.07. The molecule has 2 saturated heterocycles. The van der Waals surface area contributed by atoms with Crippen LogP contribution in [-0.2, 0) is 21.7 Å². The summed E-state index contributed by atoms with van der Waals surface area (Å²) in [5.41, 5.74) is -2.12. The van der Waals surface area contributed by atoms with Crippen molar-refractivity contribution < 1.29 is 9.47 Å². The number of benzene rings is 2. The SMILES string of the molecule is CC1C2(c3cccc(Cl)c3)OC(=N)C1(C#N)C(C#N)(C#N)C(CCc1ccccc1)O2. The zero-order valence-electron chi connectivity index (χ0n) is 16.8. The van der Waals surface area contributed by atoms with Crippen molar-refractivity contribution in [1.29, 1.82) is 21.2 Å². The van der Waals surface area contributed by atoms with Gasteiger partial charge in [-0.2, -0.15) is 15.8 Å². The zero-order valence-corrected chi connectivity index (χ0v) is 17.6. The maximum atomic E-state index is 10.3. The van der Waals surface area contributed by atoms with Gasteiger partial charge in [0, 0.05) is 10.6 Å². The number of ether oxygens (including phenoxy) is 2. The van der Waals surface area contributed by atoms with E-state index in [1.54, 1.807) is 31.2 Å². The van der Waals surface area contributed by atoms with Crippen LogP contribution in [0.25, 0.3) is 0 Å². The van der Waals surface area contributed by atoms with Crippen molar-refractivity contribution in [2.24, 2.45) is 16.7 Å². The van der Waals surface area contributed by atoms with E-state index in [1.807, 2.05) is 30.3 Å². The molecule has 2 aromatic rings. The van der Waals surface area contributed by atoms with Crippen LogP contribution in [0.5, 0.6) is 0 Å². The molecule has 7 heteroatoms. The summed E-state index contributed by atoms with van der Waals surface area (Å²) in [6, 6.07) is 22.7. The number of nitrogens with one attached hydrogen (secondary N) is 1. The highest BCUT2D eigenvalue weighted by Crippen LogP contribution is 2.66. The van der Waals surface area contributed by atoms with Gasteiger partial charge in [0.25, 0.3) is 0 Å². The molecule has 0 aromatic heterocycles. The normalized spacial score (nSPS) is 30.5. The first-order chi connectivity index (χ1) is 14.9. The molecule has 4 atom stereocenters. The van der Waals surface area contributed by atoms with Gasteiger partial charge in [0.2, 0.25) is 11.7 Å². The van der Waals surface area contributed by atoms with Crippen molar-refractivity contribution in [3.8, 4) is 18.2 Å². The maximum absolute atomic E-state index is 10.3. The molecule has 4 rings (SSSR count). The highest BCUT2D eigenvalue weighted by Gasteiger charge is 2.79. The lowest BCUT2D eigenvalue weighted by Gasteiger charge is -2.48. The van der Waals surface area contributed by atoms with Crippen LogP contribution < -0.4 is 0 Å². The van der Waals surface area contributed by atoms with Gasteiger partial charge in [0.05, 0.1) is 30.2 Å². The molecule has 2 aliphatic rings. The Labute approximate surface area is 185 Å². The van der Waals surface area contributed by atoms with Gasteiger partial charge in [0.1, 0.15) is 0 Å². The summed E-state index contributed by atoms with van der Waals surface area (Å²) in [6.07, 6.45) is -0.119. The van der Waals surface area contributed by atoms with Crippen LogP contribution in [0.3, 0.4) is 0 Å². The van der Waals surface area contributed by atoms with Gasteiger partial charge in [-0.1, -0.05) is 61.0 Å². The van der Waals surface area contributed by atoms with Crippen LogP contribution in [0.4, 0.5) is 0 Å². The standard InChI is InChI=1S/C24H19ClN4O2/c1-16-23(15-28)21(29)31-24(16,18-8-5-9-19(25)12-18)30-20(22(23,13-26)14-27)11-10-17-6-3-2-4-7-17/h2-9,12,16,20,29H,10-11H2,1H3. The van der Waals surface area contributed by atoms with E-state index in [-0.39, 0.29) is 0 Å². The molecule has 2 heterocycles. The van der Waals surface area contributed by atoms with Crippen LogP contribution in [-0.4, -0.2) is 12.0 Å². The van der Waals surface area contributed by atoms with E-state index in [1.165, 1.54) is 0 Å². The second kappa shape index (κ2) is 7.40. The van der Waals surface area contributed by atoms with E-state index in [9.17, 15) is 15.8 Å². The first-order valence-electron chi connectivity index (χ1n) is 9.90. The fourth-order valence-electron chi connectivity index (χ4n) is 4.88. The average Bonchev–Trinajstić information content (AvgIpc) is 2.95. The van der Waals surface area contributed by atoms with Crippen LogP contribution in [0.15, 0.2) is 54.6 Å². The lowest BCUT2D eigenvalue weighted by molar-refractivity contribution is -0.286. The molecule has 6 nitrogen and oxygen atoms in total. The number of nitrogens with zero attached hydrogens (tertiary/aromatic N) is 3. The second-order valence-corrected chi connectivity index (χ2v) is 8.35. The molecule has 2 bridgehead atoms. The van der Waals surface area contributed by atoms with Crippen LogP contribution in [0, 0.1) is 56.2 Å². The number of nitriles is 3. The molecular formula is C24H19ClN4O2. The summed E-state index contributed by atoms with van der Waals surface area (Å²) in [5, 5.41) is 39.7. The molecule has 0 radical (unpaired) electrons. The summed E-state index contributed by atoms with van der Waals surface area (Å²) in [6.45, 7) is 1.68. The van der Waals surface area contributed by atoms with E-state index in [4.69, 9.17) is 26.5 Å². The first-order valence-corrected chi connectivity index (χ1v) is 10.3. The van der Waals surface area contributed by atoms with Gasteiger partial charge in [-0.05, 0) is 30.5 Å². The summed E-state index contributed by atoms with van der Waals surface area (Å²) >= 11 is 6.20. The minimum atomic E-state index is -1.90. The first kappa shape index (κ1) is 20.9. The summed E-state index contributed by atoms with van der Waals surface area (Å²) < 4.78 is 12.4. The fraction of sp³-hybridized carbons (Fsp3) is 0.333. The number of hydrogen-bond donors (Lipinski definition) is 1. The number of rotatable bonds is 4. The molecule has 0 aliphatic carbocycles. The van der Waals surface area contributed by atoms with Gasteiger partial charge in [-0.15, -0.1) is 0 Å². The van der Waals surface area contributed by atoms with E-state index in [2.05, 4.69) is 18.2 Å². The Kier molecular flexibility index (Phi) is 4.98. The van der Waals surface area contributed by atoms with Crippen molar-refractivity contribution in [3.05, 3.63) is 70.7 Å². The highest BCUT2D eigenvalue weighted by atomic mass is 35.5. The van der Waals surface area contributed by atoms with Crippen molar-refractivity contribution in [2.75, 3.05) is 0 Å². The molecule has 0 saturated carbocycles. The summed E-state index contributed by atoms with van der Waals surface area (Å²) in [4.78, 5) is 0. The molecule has 31 heavy (non-hydrogen) atoms. The van der Waals surface area contributed by atoms with Crippen molar-refractivity contribution in [2.45, 2.75) is 31.7 Å². The third-order valence-corrected chi connectivity index (χ3v) is 6.78. The Morgan fingerprint density at radius 3 is 2.35 bits per heavy atom. The van der Waals surface area contributed by atoms with Crippen LogP contribution >= 0.6 is 11.6 Å². The van der Waals surface area contributed by atoms with Gasteiger partial charge in [-0.25, -0.2) is 0 Å². The molecule has 0 amide bonds. The monoisotopic (exact) mass is 430 g/mol. The number of hydrogen-bond acceptors (Lipinski definition) is 6. The lowest BCUT2D eigenvalue weighted by Crippen LogP contribution is -2.61. The summed E-state index contributed by atoms with van der Waals surface area (Å²) in [5.74, 6) is -2.70. The number of aryl methyl sites for hydroxylation is 1. The lowest BCUT2D eigenvalue weighted by atomic mass is 9.53. The minimum absolute atomic E-state index is 0.306. The minimum Gasteiger partial charge on any atom is -0.443 e. The van der Waals surface area contributed by atoms with E-state index < -0.39 is 34.5 Å². The van der Waals surface area contributed by atoms with E-state index in [0.717, 1.165) is 5.56 Å². The number of fused-ring (bicyclic) bond motifs is 2. The van der Waals surface area contributed by atoms with Crippen molar-refractivity contribution >= 4 is 17.5 Å². The Hall–Kier alpha value is -3.37. The predicted molar refractivity (Wildman–Crippen MR) is 112 cm³/mol. The Balaban J connectivity index is 1.87. The third kappa shape index (κ3) is 2.68. The molecular weight excluding hydrogens is 412 g/mol. The van der Waals surface area contributed by atoms with Crippen molar-refractivity contribution in [3.63, 3.8) is 0 Å². The zero-order chi connectivity index (χ0) is 22.3. The molecule has 2 aliphatic heterocycles. The number of halogens is 1. The topological polar surface area (TPSA) is 114 Å². The van der Waals surface area contributed by atoms with Gasteiger partial charge in [-0.3, -0.25) is 5.41 Å². The molecule has 2 aromatic carbocycles. The smallest absolute Gasteiger partial charge is 0.243 e. The van der Waals surface area contributed by atoms with Crippen molar-refractivity contribution in [1.82, 2.24) is 0 Å². The van der Waals surface area contributed by atoms with Crippen LogP contribution in [0.1, 0.15) is 24.5 Å². The predicted octanol–water partition coefficient (Wildman–Crippen LogP) is 4.71.